The molecule has 2 aromatic rings. The lowest BCUT2D eigenvalue weighted by Gasteiger charge is -2.18. The first kappa shape index (κ1) is 15.9. The summed E-state index contributed by atoms with van der Waals surface area (Å²) < 4.78 is 26.7. The molecule has 0 spiro atoms. The Morgan fingerprint density at radius 2 is 2.05 bits per heavy atom. The van der Waals surface area contributed by atoms with Crippen molar-refractivity contribution in [3.05, 3.63) is 40.3 Å². The summed E-state index contributed by atoms with van der Waals surface area (Å²) in [5.41, 5.74) is 1.39. The van der Waals surface area contributed by atoms with Crippen molar-refractivity contribution in [2.45, 2.75) is 25.3 Å². The number of thiazole rings is 1. The number of hydrogen-bond donors (Lipinski definition) is 1. The average Bonchev–Trinajstić information content (AvgIpc) is 2.85. The van der Waals surface area contributed by atoms with Crippen LogP contribution < -0.4 is 5.32 Å². The molecule has 21 heavy (non-hydrogen) atoms. The van der Waals surface area contributed by atoms with Crippen LogP contribution in [0, 0.1) is 6.92 Å². The zero-order chi connectivity index (χ0) is 15.5. The Morgan fingerprint density at radius 1 is 1.33 bits per heavy atom. The number of nitrogens with one attached hydrogen (secondary N) is 1. The van der Waals surface area contributed by atoms with Crippen LogP contribution in [0.2, 0.25) is 0 Å². The fourth-order valence-corrected chi connectivity index (χ4v) is 3.90. The van der Waals surface area contributed by atoms with E-state index >= 15 is 0 Å². The fourth-order valence-electron chi connectivity index (χ4n) is 1.99. The van der Waals surface area contributed by atoms with Gasteiger partial charge in [0.05, 0.1) is 22.9 Å². The number of benzene rings is 1. The number of anilines is 1. The maximum Gasteiger partial charge on any atom is 0.245 e. The summed E-state index contributed by atoms with van der Waals surface area (Å²) in [6.45, 7) is 4.78. The minimum Gasteiger partial charge on any atom is -0.384 e. The van der Waals surface area contributed by atoms with Crippen LogP contribution >= 0.6 is 11.3 Å². The number of aryl methyl sites for hydroxylation is 1. The summed E-state index contributed by atoms with van der Waals surface area (Å²) >= 11 is 1.52. The van der Waals surface area contributed by atoms with E-state index in [1.54, 1.807) is 25.2 Å². The number of aromatic nitrogens is 1. The number of rotatable bonds is 6. The second-order valence-electron chi connectivity index (χ2n) is 4.65. The van der Waals surface area contributed by atoms with Crippen LogP contribution in [0.3, 0.4) is 0 Å². The lowest BCUT2D eigenvalue weighted by Crippen LogP contribution is -2.27. The van der Waals surface area contributed by atoms with Crippen molar-refractivity contribution in [1.82, 2.24) is 9.29 Å². The molecule has 0 amide bonds. The van der Waals surface area contributed by atoms with E-state index in [4.69, 9.17) is 0 Å². The number of para-hydroxylation sites is 1. The highest BCUT2D eigenvalue weighted by Gasteiger charge is 2.24. The predicted molar refractivity (Wildman–Crippen MR) is 86.1 cm³/mol. The molecule has 0 aliphatic carbocycles. The van der Waals surface area contributed by atoms with Crippen molar-refractivity contribution >= 4 is 27.0 Å². The summed E-state index contributed by atoms with van der Waals surface area (Å²) in [4.78, 5) is 4.61. The molecule has 0 fully saturated rings. The van der Waals surface area contributed by atoms with Crippen LogP contribution in [-0.4, -0.2) is 31.3 Å². The van der Waals surface area contributed by atoms with Crippen molar-refractivity contribution < 1.29 is 8.42 Å². The van der Waals surface area contributed by atoms with Gasteiger partial charge in [0.1, 0.15) is 4.90 Å². The highest BCUT2D eigenvalue weighted by molar-refractivity contribution is 7.89. The monoisotopic (exact) mass is 325 g/mol. The van der Waals surface area contributed by atoms with Gasteiger partial charge < -0.3 is 5.32 Å². The van der Waals surface area contributed by atoms with Crippen LogP contribution in [0.1, 0.15) is 17.6 Å². The van der Waals surface area contributed by atoms with E-state index < -0.39 is 10.0 Å². The third-order valence-electron chi connectivity index (χ3n) is 2.99. The summed E-state index contributed by atoms with van der Waals surface area (Å²) in [6.07, 6.45) is 0. The average molecular weight is 325 g/mol. The number of hydrogen-bond acceptors (Lipinski definition) is 5. The molecule has 7 heteroatoms. The molecule has 5 nitrogen and oxygen atoms in total. The largest absolute Gasteiger partial charge is 0.384 e. The Hall–Kier alpha value is -1.44. The first-order valence-electron chi connectivity index (χ1n) is 6.65. The molecule has 1 aromatic carbocycles. The topological polar surface area (TPSA) is 62.3 Å². The van der Waals surface area contributed by atoms with Gasteiger partial charge in [-0.25, -0.2) is 13.4 Å². The Balaban J connectivity index is 2.28. The zero-order valence-corrected chi connectivity index (χ0v) is 14.0. The normalized spacial score (nSPS) is 11.8. The first-order chi connectivity index (χ1) is 9.95. The van der Waals surface area contributed by atoms with Gasteiger partial charge in [-0.1, -0.05) is 12.1 Å². The van der Waals surface area contributed by atoms with E-state index in [1.807, 2.05) is 25.3 Å². The van der Waals surface area contributed by atoms with E-state index in [0.717, 1.165) is 10.7 Å². The highest BCUT2D eigenvalue weighted by atomic mass is 32.2. The molecule has 0 aliphatic heterocycles. The summed E-state index contributed by atoms with van der Waals surface area (Å²) in [5, 5.41) is 5.91. The van der Waals surface area contributed by atoms with Gasteiger partial charge in [0.2, 0.25) is 10.0 Å². The molecule has 1 heterocycles. The second kappa shape index (κ2) is 6.55. The SMILES string of the molecule is CCNc1ccccc1S(=O)(=O)N(C)Cc1csc(C)n1. The van der Waals surface area contributed by atoms with Crippen LogP contribution in [0.5, 0.6) is 0 Å². The van der Waals surface area contributed by atoms with Crippen molar-refractivity contribution in [2.24, 2.45) is 0 Å². The Kier molecular flexibility index (Phi) is 4.97. The number of nitrogens with zero attached hydrogens (tertiary/aromatic N) is 2. The van der Waals surface area contributed by atoms with Crippen molar-refractivity contribution in [3.63, 3.8) is 0 Å². The molecule has 1 N–H and O–H groups in total. The molecule has 0 unspecified atom stereocenters. The molecular formula is C14H19N3O2S2. The van der Waals surface area contributed by atoms with Crippen LogP contribution in [0.4, 0.5) is 5.69 Å². The van der Waals surface area contributed by atoms with Gasteiger partial charge in [-0.05, 0) is 26.0 Å². The second-order valence-corrected chi connectivity index (χ2v) is 7.72. The maximum absolute atomic E-state index is 12.7. The van der Waals surface area contributed by atoms with Gasteiger partial charge in [0.15, 0.2) is 0 Å². The molecule has 0 bridgehead atoms. The smallest absolute Gasteiger partial charge is 0.245 e. The third-order valence-corrected chi connectivity index (χ3v) is 5.68. The standard InChI is InChI=1S/C14H19N3O2S2/c1-4-15-13-7-5-6-8-14(13)21(18,19)17(3)9-12-10-20-11(2)16-12/h5-8,10,15H,4,9H2,1-3H3. The van der Waals surface area contributed by atoms with Crippen LogP contribution in [-0.2, 0) is 16.6 Å². The van der Waals surface area contributed by atoms with Crippen LogP contribution in [0.25, 0.3) is 0 Å². The van der Waals surface area contributed by atoms with Gasteiger partial charge in [-0.15, -0.1) is 11.3 Å². The summed E-state index contributed by atoms with van der Waals surface area (Å²) in [6, 6.07) is 6.95. The van der Waals surface area contributed by atoms with E-state index in [0.29, 0.717) is 17.1 Å². The molecular weight excluding hydrogens is 306 g/mol. The van der Waals surface area contributed by atoms with E-state index in [2.05, 4.69) is 10.3 Å². The molecule has 1 aromatic heterocycles. The molecule has 114 valence electrons. The fraction of sp³-hybridized carbons (Fsp3) is 0.357. The lowest BCUT2D eigenvalue weighted by atomic mass is 10.3. The van der Waals surface area contributed by atoms with E-state index in [-0.39, 0.29) is 6.54 Å². The van der Waals surface area contributed by atoms with Crippen molar-refractivity contribution in [1.29, 1.82) is 0 Å². The summed E-state index contributed by atoms with van der Waals surface area (Å²) in [5.74, 6) is 0. The van der Waals surface area contributed by atoms with E-state index in [1.165, 1.54) is 15.6 Å². The molecule has 0 aliphatic rings. The molecule has 0 saturated carbocycles. The quantitative estimate of drug-likeness (QED) is 0.887. The Morgan fingerprint density at radius 3 is 2.67 bits per heavy atom. The van der Waals surface area contributed by atoms with Crippen molar-refractivity contribution in [3.8, 4) is 0 Å². The Bertz CT molecular complexity index is 711. The van der Waals surface area contributed by atoms with E-state index in [9.17, 15) is 8.42 Å². The van der Waals surface area contributed by atoms with Crippen LogP contribution in [0.15, 0.2) is 34.5 Å². The van der Waals surface area contributed by atoms with Gasteiger partial charge in [-0.3, -0.25) is 0 Å². The Labute approximate surface area is 129 Å². The number of sulfonamides is 1. The highest BCUT2D eigenvalue weighted by Crippen LogP contribution is 2.24. The van der Waals surface area contributed by atoms with Gasteiger partial charge >= 0.3 is 0 Å². The molecule has 0 saturated heterocycles. The zero-order valence-electron chi connectivity index (χ0n) is 12.3. The molecule has 0 radical (unpaired) electrons. The minimum absolute atomic E-state index is 0.271. The van der Waals surface area contributed by atoms with Gasteiger partial charge in [0, 0.05) is 19.0 Å². The van der Waals surface area contributed by atoms with Crippen molar-refractivity contribution in [2.75, 3.05) is 18.9 Å². The third kappa shape index (κ3) is 3.61. The van der Waals surface area contributed by atoms with Gasteiger partial charge in [0.25, 0.3) is 0 Å². The molecule has 2 rings (SSSR count). The minimum atomic E-state index is -3.55. The van der Waals surface area contributed by atoms with Gasteiger partial charge in [-0.2, -0.15) is 4.31 Å². The predicted octanol–water partition coefficient (Wildman–Crippen LogP) is 2.70. The lowest BCUT2D eigenvalue weighted by molar-refractivity contribution is 0.463. The first-order valence-corrected chi connectivity index (χ1v) is 8.97. The molecule has 0 atom stereocenters. The maximum atomic E-state index is 12.7. The summed E-state index contributed by atoms with van der Waals surface area (Å²) in [7, 11) is -1.97.